The third-order valence-corrected chi connectivity index (χ3v) is 10.5. The first-order chi connectivity index (χ1) is 27.4. The summed E-state index contributed by atoms with van der Waals surface area (Å²) in [4.78, 5) is 54.4. The number of nitrogens with one attached hydrogen (secondary N) is 2. The molecule has 57 heavy (non-hydrogen) atoms. The topological polar surface area (TPSA) is 144 Å². The first-order valence-electron chi connectivity index (χ1n) is 18.4. The number of carbonyl (C=O) groups is 4. The molecule has 3 atom stereocenters. The lowest BCUT2D eigenvalue weighted by Crippen LogP contribution is -2.56. The third-order valence-electron chi connectivity index (χ3n) is 9.73. The second-order valence-electron chi connectivity index (χ2n) is 14.2. The second-order valence-corrected chi connectivity index (χ2v) is 15.0. The van der Waals surface area contributed by atoms with Crippen LogP contribution in [0.25, 0.3) is 11.1 Å². The molecule has 5 aromatic rings. The largest absolute Gasteiger partial charge is 0.489 e. The minimum atomic E-state index is -1.26. The standard InChI is InChI=1S/C44H39Cl2N3O8/c1-25(2)56-44(54)49-23-32-22-39-36(47-42(51)40(57-39)30-13-15-33(16-14-30)55-24-27-10-17-34(45)35(46)18-27)20-31(32)21-38(49)41(50)48-37(43(52)53)19-26-8-11-29(12-9-26)28-6-4-3-5-7-28/h3-18,20,22,25,37-38,40H,19,21,23-24H2,1-2H3,(H,47,51)(H,48,50)(H,52,53)/t37-,38-,40?/m0/s1. The van der Waals surface area contributed by atoms with Crippen molar-refractivity contribution in [3.8, 4) is 22.6 Å². The van der Waals surface area contributed by atoms with E-state index >= 15 is 0 Å². The molecular formula is C44H39Cl2N3O8. The highest BCUT2D eigenvalue weighted by Gasteiger charge is 2.39. The zero-order chi connectivity index (χ0) is 40.2. The Morgan fingerprint density at radius 3 is 2.26 bits per heavy atom. The Bertz CT molecular complexity index is 2300. The number of nitrogens with zero attached hydrogens (tertiary/aromatic N) is 1. The summed E-state index contributed by atoms with van der Waals surface area (Å²) >= 11 is 12.1. The molecule has 5 aromatic carbocycles. The van der Waals surface area contributed by atoms with E-state index in [-0.39, 0.29) is 31.9 Å². The number of hydrogen-bond acceptors (Lipinski definition) is 7. The molecule has 0 bridgehead atoms. The van der Waals surface area contributed by atoms with Crippen molar-refractivity contribution in [3.05, 3.63) is 147 Å². The van der Waals surface area contributed by atoms with Crippen LogP contribution in [0.1, 0.15) is 47.8 Å². The van der Waals surface area contributed by atoms with Gasteiger partial charge in [0.15, 0.2) is 0 Å². The van der Waals surface area contributed by atoms with E-state index in [2.05, 4.69) is 10.6 Å². The average molecular weight is 809 g/mol. The monoisotopic (exact) mass is 807 g/mol. The van der Waals surface area contributed by atoms with Crippen molar-refractivity contribution in [3.63, 3.8) is 0 Å². The van der Waals surface area contributed by atoms with Gasteiger partial charge in [-0.1, -0.05) is 96.0 Å². The lowest BCUT2D eigenvalue weighted by Gasteiger charge is -2.37. The molecule has 3 N–H and O–H groups in total. The molecular weight excluding hydrogens is 769 g/mol. The van der Waals surface area contributed by atoms with Gasteiger partial charge in [-0.3, -0.25) is 14.5 Å². The fourth-order valence-electron chi connectivity index (χ4n) is 6.81. The van der Waals surface area contributed by atoms with Gasteiger partial charge in [0.1, 0.15) is 30.2 Å². The Morgan fingerprint density at radius 1 is 0.877 bits per heavy atom. The molecule has 2 aliphatic rings. The fourth-order valence-corrected chi connectivity index (χ4v) is 7.13. The summed E-state index contributed by atoms with van der Waals surface area (Å²) in [6.45, 7) is 3.66. The lowest BCUT2D eigenvalue weighted by molar-refractivity contribution is -0.142. The Morgan fingerprint density at radius 2 is 1.58 bits per heavy atom. The van der Waals surface area contributed by atoms with Gasteiger partial charge in [-0.25, -0.2) is 9.59 Å². The van der Waals surface area contributed by atoms with Gasteiger partial charge < -0.3 is 30.0 Å². The highest BCUT2D eigenvalue weighted by atomic mass is 35.5. The number of carboxylic acids is 1. The van der Waals surface area contributed by atoms with Crippen LogP contribution in [0.4, 0.5) is 10.5 Å². The minimum Gasteiger partial charge on any atom is -0.489 e. The number of anilines is 1. The number of aliphatic carboxylic acids is 1. The first kappa shape index (κ1) is 39.2. The molecule has 1 unspecified atom stereocenters. The quantitative estimate of drug-likeness (QED) is 0.121. The third kappa shape index (κ3) is 9.17. The summed E-state index contributed by atoms with van der Waals surface area (Å²) in [5, 5.41) is 16.6. The molecule has 0 aliphatic carbocycles. The van der Waals surface area contributed by atoms with Gasteiger partial charge in [-0.15, -0.1) is 0 Å². The number of rotatable bonds is 11. The van der Waals surface area contributed by atoms with E-state index in [1.807, 2.05) is 60.7 Å². The van der Waals surface area contributed by atoms with Crippen LogP contribution >= 0.6 is 23.2 Å². The molecule has 0 saturated carbocycles. The van der Waals surface area contributed by atoms with Gasteiger partial charge >= 0.3 is 12.1 Å². The molecule has 0 fully saturated rings. The van der Waals surface area contributed by atoms with Gasteiger partial charge in [0.2, 0.25) is 12.0 Å². The van der Waals surface area contributed by atoms with Crippen molar-refractivity contribution >= 4 is 52.8 Å². The molecule has 2 aliphatic heterocycles. The number of carbonyl (C=O) groups excluding carboxylic acids is 3. The Labute approximate surface area is 339 Å². The van der Waals surface area contributed by atoms with Crippen LogP contribution in [0.2, 0.25) is 10.0 Å². The molecule has 11 nitrogen and oxygen atoms in total. The molecule has 0 spiro atoms. The number of fused-ring (bicyclic) bond motifs is 2. The van der Waals surface area contributed by atoms with E-state index in [0.29, 0.717) is 43.9 Å². The molecule has 0 saturated heterocycles. The molecule has 7 rings (SSSR count). The highest BCUT2D eigenvalue weighted by Crippen LogP contribution is 2.40. The molecule has 3 amide bonds. The zero-order valence-electron chi connectivity index (χ0n) is 31.0. The number of ether oxygens (including phenoxy) is 3. The van der Waals surface area contributed by atoms with Crippen molar-refractivity contribution in [2.45, 2.75) is 64.1 Å². The van der Waals surface area contributed by atoms with Gasteiger partial charge in [-0.2, -0.15) is 0 Å². The summed E-state index contributed by atoms with van der Waals surface area (Å²) in [7, 11) is 0. The molecule has 13 heteroatoms. The first-order valence-corrected chi connectivity index (χ1v) is 19.1. The van der Waals surface area contributed by atoms with Crippen molar-refractivity contribution in [2.75, 3.05) is 5.32 Å². The van der Waals surface area contributed by atoms with Gasteiger partial charge in [0.05, 0.1) is 28.4 Å². The maximum Gasteiger partial charge on any atom is 0.411 e. The van der Waals surface area contributed by atoms with E-state index < -0.39 is 42.3 Å². The molecule has 2 heterocycles. The summed E-state index contributed by atoms with van der Waals surface area (Å²) in [6, 6.07) is 30.6. The minimum absolute atomic E-state index is 0.0161. The lowest BCUT2D eigenvalue weighted by atomic mass is 9.92. The average Bonchev–Trinajstić information content (AvgIpc) is 3.20. The van der Waals surface area contributed by atoms with Gasteiger partial charge in [0, 0.05) is 18.4 Å². The van der Waals surface area contributed by atoms with Crippen molar-refractivity contribution < 1.29 is 38.5 Å². The van der Waals surface area contributed by atoms with E-state index in [1.165, 1.54) is 4.90 Å². The Balaban J connectivity index is 1.06. The normalized spacial score (nSPS) is 16.4. The number of hydrogen-bond donors (Lipinski definition) is 3. The summed E-state index contributed by atoms with van der Waals surface area (Å²) < 4.78 is 17.6. The number of halogens is 2. The number of amides is 3. The highest BCUT2D eigenvalue weighted by molar-refractivity contribution is 6.42. The van der Waals surface area contributed by atoms with Gasteiger partial charge in [-0.05, 0) is 83.6 Å². The molecule has 0 radical (unpaired) electrons. The SMILES string of the molecule is CC(C)OC(=O)N1Cc2cc3c(cc2C[C@H]1C(=O)N[C@@H](Cc1ccc(-c2ccccc2)cc1)C(=O)O)NC(=O)C(c1ccc(OCc2ccc(Cl)c(Cl)c2)cc1)O3. The van der Waals surface area contributed by atoms with E-state index in [0.717, 1.165) is 22.3 Å². The maximum atomic E-state index is 13.9. The smallest absolute Gasteiger partial charge is 0.411 e. The zero-order valence-corrected chi connectivity index (χ0v) is 32.6. The summed E-state index contributed by atoms with van der Waals surface area (Å²) in [6.07, 6.45) is -2.08. The molecule has 292 valence electrons. The van der Waals surface area contributed by atoms with Crippen molar-refractivity contribution in [1.82, 2.24) is 10.2 Å². The van der Waals surface area contributed by atoms with E-state index in [4.69, 9.17) is 37.4 Å². The maximum absolute atomic E-state index is 13.9. The Hall–Kier alpha value is -6.04. The number of carboxylic acid groups (broad SMARTS) is 1. The second kappa shape index (κ2) is 17.0. The van der Waals surface area contributed by atoms with Crippen LogP contribution in [-0.2, 0) is 45.1 Å². The predicted molar refractivity (Wildman–Crippen MR) is 215 cm³/mol. The van der Waals surface area contributed by atoms with E-state index in [9.17, 15) is 24.3 Å². The summed E-state index contributed by atoms with van der Waals surface area (Å²) in [5.41, 5.74) is 5.96. The fraction of sp³-hybridized carbons (Fsp3) is 0.227. The van der Waals surface area contributed by atoms with Crippen molar-refractivity contribution in [2.24, 2.45) is 0 Å². The molecule has 0 aromatic heterocycles. The van der Waals surface area contributed by atoms with Crippen LogP contribution in [0, 0.1) is 0 Å². The van der Waals surface area contributed by atoms with Crippen LogP contribution in [0.3, 0.4) is 0 Å². The van der Waals surface area contributed by atoms with Crippen LogP contribution in [0.5, 0.6) is 11.5 Å². The number of benzene rings is 5. The van der Waals surface area contributed by atoms with Crippen LogP contribution in [-0.4, -0.2) is 52.1 Å². The van der Waals surface area contributed by atoms with Crippen LogP contribution in [0.15, 0.2) is 109 Å². The Kier molecular flexibility index (Phi) is 11.7. The van der Waals surface area contributed by atoms with Gasteiger partial charge in [0.25, 0.3) is 5.91 Å². The van der Waals surface area contributed by atoms with Crippen LogP contribution < -0.4 is 20.1 Å². The predicted octanol–water partition coefficient (Wildman–Crippen LogP) is 8.40. The summed E-state index contributed by atoms with van der Waals surface area (Å²) in [5.74, 6) is -1.27. The van der Waals surface area contributed by atoms with E-state index in [1.54, 1.807) is 62.4 Å². The van der Waals surface area contributed by atoms with Crippen molar-refractivity contribution in [1.29, 1.82) is 0 Å².